The van der Waals surface area contributed by atoms with Gasteiger partial charge in [0.25, 0.3) is 5.69 Å². The zero-order valence-corrected chi connectivity index (χ0v) is 13.1. The molecule has 0 N–H and O–H groups in total. The Kier molecular flexibility index (Phi) is 4.68. The van der Waals surface area contributed by atoms with Crippen LogP contribution in [0.25, 0.3) is 0 Å². The van der Waals surface area contributed by atoms with E-state index in [1.165, 1.54) is 0 Å². The van der Waals surface area contributed by atoms with Crippen molar-refractivity contribution in [3.05, 3.63) is 63.8 Å². The van der Waals surface area contributed by atoms with Crippen molar-refractivity contribution in [1.29, 1.82) is 5.26 Å². The highest BCUT2D eigenvalue weighted by Crippen LogP contribution is 2.21. The lowest BCUT2D eigenvalue weighted by Crippen LogP contribution is -2.46. The monoisotopic (exact) mass is 323 g/mol. The zero-order valence-electron chi connectivity index (χ0n) is 13.1. The molecular formula is C17H17N5O2. The van der Waals surface area contributed by atoms with E-state index < -0.39 is 0 Å². The summed E-state index contributed by atoms with van der Waals surface area (Å²) in [5.74, 6) is 0.805. The molecule has 1 aliphatic heterocycles. The number of benzene rings is 1. The highest BCUT2D eigenvalue weighted by Gasteiger charge is 2.21. The van der Waals surface area contributed by atoms with Gasteiger partial charge in [-0.3, -0.25) is 15.0 Å². The third-order valence-corrected chi connectivity index (χ3v) is 4.15. The second-order valence-corrected chi connectivity index (χ2v) is 5.66. The number of piperazine rings is 1. The molecule has 0 bridgehead atoms. The predicted molar refractivity (Wildman–Crippen MR) is 89.5 cm³/mol. The van der Waals surface area contributed by atoms with Gasteiger partial charge in [0.1, 0.15) is 5.82 Å². The normalized spacial score (nSPS) is 15.0. The van der Waals surface area contributed by atoms with Gasteiger partial charge >= 0.3 is 0 Å². The number of rotatable bonds is 4. The molecule has 0 atom stereocenters. The Morgan fingerprint density at radius 3 is 2.67 bits per heavy atom. The van der Waals surface area contributed by atoms with Crippen molar-refractivity contribution >= 4 is 11.5 Å². The van der Waals surface area contributed by atoms with Crippen molar-refractivity contribution in [2.45, 2.75) is 6.54 Å². The molecule has 1 fully saturated rings. The Balaban J connectivity index is 1.63. The Hall–Kier alpha value is -2.98. The molecule has 7 nitrogen and oxygen atoms in total. The molecule has 24 heavy (non-hydrogen) atoms. The topological polar surface area (TPSA) is 86.3 Å². The number of nitriles is 1. The first-order chi connectivity index (χ1) is 11.7. The number of anilines is 1. The van der Waals surface area contributed by atoms with Crippen molar-refractivity contribution in [2.75, 3.05) is 31.1 Å². The molecule has 7 heteroatoms. The van der Waals surface area contributed by atoms with Gasteiger partial charge in [-0.1, -0.05) is 18.2 Å². The van der Waals surface area contributed by atoms with Crippen LogP contribution in [-0.4, -0.2) is 41.0 Å². The number of pyridine rings is 1. The van der Waals surface area contributed by atoms with Gasteiger partial charge < -0.3 is 4.90 Å². The number of para-hydroxylation sites is 1. The lowest BCUT2D eigenvalue weighted by molar-refractivity contribution is -0.385. The molecular weight excluding hydrogens is 306 g/mol. The fraction of sp³-hybridized carbons (Fsp3) is 0.294. The largest absolute Gasteiger partial charge is 0.354 e. The molecule has 1 aromatic heterocycles. The Morgan fingerprint density at radius 1 is 1.21 bits per heavy atom. The molecule has 0 radical (unpaired) electrons. The van der Waals surface area contributed by atoms with Crippen LogP contribution in [0.15, 0.2) is 42.6 Å². The summed E-state index contributed by atoms with van der Waals surface area (Å²) in [6.07, 6.45) is 1.65. The minimum Gasteiger partial charge on any atom is -0.354 e. The minimum absolute atomic E-state index is 0.170. The fourth-order valence-electron chi connectivity index (χ4n) is 2.86. The average Bonchev–Trinajstić information content (AvgIpc) is 2.62. The average molecular weight is 323 g/mol. The summed E-state index contributed by atoms with van der Waals surface area (Å²) in [4.78, 5) is 19.4. The van der Waals surface area contributed by atoms with Crippen LogP contribution in [0.1, 0.15) is 11.1 Å². The molecule has 1 saturated heterocycles. The van der Waals surface area contributed by atoms with Gasteiger partial charge in [-0.05, 0) is 12.1 Å². The number of hydrogen-bond donors (Lipinski definition) is 0. The number of hydrogen-bond acceptors (Lipinski definition) is 6. The van der Waals surface area contributed by atoms with E-state index in [2.05, 4.69) is 20.9 Å². The van der Waals surface area contributed by atoms with E-state index in [9.17, 15) is 10.1 Å². The van der Waals surface area contributed by atoms with Crippen LogP contribution in [0.4, 0.5) is 11.5 Å². The molecule has 0 saturated carbocycles. The van der Waals surface area contributed by atoms with Gasteiger partial charge in [0.15, 0.2) is 0 Å². The number of nitro benzene ring substituents is 1. The Labute approximate surface area is 139 Å². The van der Waals surface area contributed by atoms with Crippen molar-refractivity contribution in [2.24, 2.45) is 0 Å². The summed E-state index contributed by atoms with van der Waals surface area (Å²) in [5.41, 5.74) is 1.51. The summed E-state index contributed by atoms with van der Waals surface area (Å²) in [7, 11) is 0. The van der Waals surface area contributed by atoms with E-state index in [-0.39, 0.29) is 10.6 Å². The van der Waals surface area contributed by atoms with Gasteiger partial charge in [0, 0.05) is 50.6 Å². The van der Waals surface area contributed by atoms with Gasteiger partial charge in [0.05, 0.1) is 16.6 Å². The second-order valence-electron chi connectivity index (χ2n) is 5.66. The molecule has 2 aromatic rings. The van der Waals surface area contributed by atoms with E-state index in [0.717, 1.165) is 37.6 Å². The molecule has 122 valence electrons. The first kappa shape index (κ1) is 15.9. The third-order valence-electron chi connectivity index (χ3n) is 4.15. The van der Waals surface area contributed by atoms with Crippen LogP contribution in [0.3, 0.4) is 0 Å². The molecule has 2 heterocycles. The highest BCUT2D eigenvalue weighted by molar-refractivity contribution is 5.45. The predicted octanol–water partition coefficient (Wildman–Crippen LogP) is 2.18. The molecule has 0 aliphatic carbocycles. The first-order valence-corrected chi connectivity index (χ1v) is 7.73. The first-order valence-electron chi connectivity index (χ1n) is 7.73. The Bertz CT molecular complexity index is 779. The smallest absolute Gasteiger partial charge is 0.273 e. The maximum atomic E-state index is 11.1. The van der Waals surface area contributed by atoms with E-state index in [4.69, 9.17) is 5.26 Å². The van der Waals surface area contributed by atoms with Crippen LogP contribution >= 0.6 is 0 Å². The van der Waals surface area contributed by atoms with Gasteiger partial charge in [-0.25, -0.2) is 4.98 Å². The quantitative estimate of drug-likeness (QED) is 0.633. The maximum absolute atomic E-state index is 11.1. The van der Waals surface area contributed by atoms with E-state index in [1.54, 1.807) is 30.5 Å². The molecule has 3 rings (SSSR count). The SMILES string of the molecule is N#Cc1ccnc(N2CCN(Cc3ccccc3[N+](=O)[O-])CC2)c1. The lowest BCUT2D eigenvalue weighted by atomic mass is 10.1. The van der Waals surface area contributed by atoms with Crippen molar-refractivity contribution in [3.8, 4) is 6.07 Å². The third kappa shape index (κ3) is 3.50. The van der Waals surface area contributed by atoms with Crippen LogP contribution in [0.2, 0.25) is 0 Å². The number of nitrogens with zero attached hydrogens (tertiary/aromatic N) is 5. The molecule has 1 aliphatic rings. The summed E-state index contributed by atoms with van der Waals surface area (Å²) in [6, 6.07) is 12.5. The maximum Gasteiger partial charge on any atom is 0.273 e. The number of aromatic nitrogens is 1. The van der Waals surface area contributed by atoms with E-state index in [0.29, 0.717) is 12.1 Å². The lowest BCUT2D eigenvalue weighted by Gasteiger charge is -2.35. The summed E-state index contributed by atoms with van der Waals surface area (Å²) >= 11 is 0. The molecule has 1 aromatic carbocycles. The van der Waals surface area contributed by atoms with Crippen molar-refractivity contribution in [1.82, 2.24) is 9.88 Å². The fourth-order valence-corrected chi connectivity index (χ4v) is 2.86. The van der Waals surface area contributed by atoms with Gasteiger partial charge in [-0.2, -0.15) is 5.26 Å². The zero-order chi connectivity index (χ0) is 16.9. The Morgan fingerprint density at radius 2 is 1.96 bits per heavy atom. The summed E-state index contributed by atoms with van der Waals surface area (Å²) in [6.45, 7) is 3.72. The number of nitro groups is 1. The van der Waals surface area contributed by atoms with E-state index >= 15 is 0 Å². The van der Waals surface area contributed by atoms with Crippen LogP contribution in [0.5, 0.6) is 0 Å². The standard InChI is InChI=1S/C17H17N5O2/c18-12-14-5-6-19-17(11-14)21-9-7-20(8-10-21)13-15-3-1-2-4-16(15)22(23)24/h1-6,11H,7-10,13H2. The highest BCUT2D eigenvalue weighted by atomic mass is 16.6. The minimum atomic E-state index is -0.330. The molecule has 0 unspecified atom stereocenters. The van der Waals surface area contributed by atoms with Crippen LogP contribution in [0, 0.1) is 21.4 Å². The summed E-state index contributed by atoms with van der Waals surface area (Å²) in [5, 5.41) is 20.1. The molecule has 0 amide bonds. The van der Waals surface area contributed by atoms with Gasteiger partial charge in [0.2, 0.25) is 0 Å². The van der Waals surface area contributed by atoms with Crippen LogP contribution < -0.4 is 4.90 Å². The van der Waals surface area contributed by atoms with Gasteiger partial charge in [-0.15, -0.1) is 0 Å². The van der Waals surface area contributed by atoms with Crippen molar-refractivity contribution < 1.29 is 4.92 Å². The summed E-state index contributed by atoms with van der Waals surface area (Å²) < 4.78 is 0. The second kappa shape index (κ2) is 7.06. The molecule has 0 spiro atoms. The van der Waals surface area contributed by atoms with E-state index in [1.807, 2.05) is 12.1 Å². The van der Waals surface area contributed by atoms with Crippen LogP contribution in [-0.2, 0) is 6.54 Å². The van der Waals surface area contributed by atoms with Crippen molar-refractivity contribution in [3.63, 3.8) is 0 Å².